The highest BCUT2D eigenvalue weighted by atomic mass is 79.9. The van der Waals surface area contributed by atoms with Crippen LogP contribution in [0.1, 0.15) is 35.3 Å². The van der Waals surface area contributed by atoms with Gasteiger partial charge in [0.2, 0.25) is 0 Å². The van der Waals surface area contributed by atoms with E-state index in [4.69, 9.17) is 0 Å². The van der Waals surface area contributed by atoms with E-state index in [1.165, 1.54) is 0 Å². The lowest BCUT2D eigenvalue weighted by Gasteiger charge is -2.02. The molecule has 2 aromatic heterocycles. The van der Waals surface area contributed by atoms with Crippen molar-refractivity contribution in [2.45, 2.75) is 32.4 Å². The van der Waals surface area contributed by atoms with Gasteiger partial charge in [-0.05, 0) is 41.6 Å². The first-order chi connectivity index (χ1) is 8.63. The van der Waals surface area contributed by atoms with E-state index < -0.39 is 6.10 Å². The predicted molar refractivity (Wildman–Crippen MR) is 71.4 cm³/mol. The van der Waals surface area contributed by atoms with E-state index in [-0.39, 0.29) is 0 Å². The number of nitrogens with zero attached hydrogens (tertiary/aromatic N) is 4. The summed E-state index contributed by atoms with van der Waals surface area (Å²) >= 11 is 4.97. The van der Waals surface area contributed by atoms with Gasteiger partial charge in [-0.2, -0.15) is 5.10 Å². The molecule has 1 aliphatic carbocycles. The van der Waals surface area contributed by atoms with E-state index in [1.54, 1.807) is 22.3 Å². The van der Waals surface area contributed by atoms with Crippen molar-refractivity contribution in [1.82, 2.24) is 19.7 Å². The summed E-state index contributed by atoms with van der Waals surface area (Å²) in [5.41, 5.74) is 1.01. The third kappa shape index (κ3) is 2.48. The first-order valence-electron chi connectivity index (χ1n) is 5.82. The standard InChI is InChI=1S/C11H13BrN4OS/c1-6-8(18-11(12)14-6)4-16-5-13-10(15-16)9(17)7-2-3-7/h5,7,9,17H,2-4H2,1H3. The van der Waals surface area contributed by atoms with Crippen LogP contribution in [-0.4, -0.2) is 24.9 Å². The maximum absolute atomic E-state index is 9.94. The van der Waals surface area contributed by atoms with Gasteiger partial charge in [-0.25, -0.2) is 14.6 Å². The number of aliphatic hydroxyl groups is 1. The molecule has 0 aliphatic heterocycles. The first-order valence-corrected chi connectivity index (χ1v) is 7.43. The van der Waals surface area contributed by atoms with Crippen molar-refractivity contribution in [2.75, 3.05) is 0 Å². The van der Waals surface area contributed by atoms with Gasteiger partial charge in [-0.3, -0.25) is 0 Å². The number of halogens is 1. The Bertz CT molecular complexity index is 563. The molecular formula is C11H13BrN4OS. The van der Waals surface area contributed by atoms with Gasteiger partial charge in [0, 0.05) is 0 Å². The van der Waals surface area contributed by atoms with Crippen LogP contribution in [0.25, 0.3) is 0 Å². The zero-order valence-corrected chi connectivity index (χ0v) is 12.3. The molecule has 1 atom stereocenters. The molecule has 7 heteroatoms. The topological polar surface area (TPSA) is 63.8 Å². The Hall–Kier alpha value is -0.790. The summed E-state index contributed by atoms with van der Waals surface area (Å²) in [6, 6.07) is 0. The van der Waals surface area contributed by atoms with E-state index in [0.717, 1.165) is 27.3 Å². The van der Waals surface area contributed by atoms with E-state index >= 15 is 0 Å². The van der Waals surface area contributed by atoms with Crippen molar-refractivity contribution in [2.24, 2.45) is 5.92 Å². The number of hydrogen-bond donors (Lipinski definition) is 1. The summed E-state index contributed by atoms with van der Waals surface area (Å²) < 4.78 is 2.64. The molecule has 5 nitrogen and oxygen atoms in total. The van der Waals surface area contributed by atoms with E-state index in [0.29, 0.717) is 18.3 Å². The Morgan fingerprint density at radius 2 is 2.39 bits per heavy atom. The molecule has 3 rings (SSSR count). The second kappa shape index (κ2) is 4.71. The highest BCUT2D eigenvalue weighted by Gasteiger charge is 2.33. The van der Waals surface area contributed by atoms with Crippen LogP contribution in [0.2, 0.25) is 0 Å². The van der Waals surface area contributed by atoms with E-state index in [9.17, 15) is 5.11 Å². The van der Waals surface area contributed by atoms with Crippen molar-refractivity contribution in [1.29, 1.82) is 0 Å². The zero-order chi connectivity index (χ0) is 12.7. The van der Waals surface area contributed by atoms with Crippen molar-refractivity contribution >= 4 is 27.3 Å². The van der Waals surface area contributed by atoms with Crippen molar-refractivity contribution < 1.29 is 5.11 Å². The van der Waals surface area contributed by atoms with Gasteiger partial charge in [0.1, 0.15) is 12.4 Å². The molecular weight excluding hydrogens is 316 g/mol. The Morgan fingerprint density at radius 3 is 3.00 bits per heavy atom. The minimum Gasteiger partial charge on any atom is -0.385 e. The molecule has 1 fully saturated rings. The number of hydrogen-bond acceptors (Lipinski definition) is 5. The quantitative estimate of drug-likeness (QED) is 0.935. The lowest BCUT2D eigenvalue weighted by molar-refractivity contribution is 0.144. The monoisotopic (exact) mass is 328 g/mol. The highest BCUT2D eigenvalue weighted by Crippen LogP contribution is 2.39. The third-order valence-electron chi connectivity index (χ3n) is 3.06. The fourth-order valence-corrected chi connectivity index (χ4v) is 3.46. The van der Waals surface area contributed by atoms with Crippen LogP contribution in [0, 0.1) is 12.8 Å². The molecule has 1 saturated carbocycles. The number of aryl methyl sites for hydroxylation is 1. The fourth-order valence-electron chi connectivity index (χ4n) is 1.83. The molecule has 0 bridgehead atoms. The largest absolute Gasteiger partial charge is 0.385 e. The second-order valence-corrected chi connectivity index (χ2v) is 6.92. The number of thiazole rings is 1. The molecule has 18 heavy (non-hydrogen) atoms. The number of aliphatic hydroxyl groups excluding tert-OH is 1. The van der Waals surface area contributed by atoms with Gasteiger partial charge in [0.25, 0.3) is 0 Å². The summed E-state index contributed by atoms with van der Waals surface area (Å²) in [5.74, 6) is 0.902. The summed E-state index contributed by atoms with van der Waals surface area (Å²) in [5, 5.41) is 14.3. The van der Waals surface area contributed by atoms with Gasteiger partial charge in [-0.15, -0.1) is 11.3 Å². The van der Waals surface area contributed by atoms with Gasteiger partial charge in [-0.1, -0.05) is 0 Å². The van der Waals surface area contributed by atoms with Crippen LogP contribution in [0.15, 0.2) is 10.2 Å². The molecule has 0 saturated heterocycles. The SMILES string of the molecule is Cc1nc(Br)sc1Cn1cnc(C(O)C2CC2)n1. The zero-order valence-electron chi connectivity index (χ0n) is 9.88. The fraction of sp³-hybridized carbons (Fsp3) is 0.545. The molecule has 1 unspecified atom stereocenters. The minimum absolute atomic E-state index is 0.361. The molecule has 0 radical (unpaired) electrons. The molecule has 2 heterocycles. The van der Waals surface area contributed by atoms with Gasteiger partial charge in [0.15, 0.2) is 9.74 Å². The Morgan fingerprint density at radius 1 is 1.61 bits per heavy atom. The van der Waals surface area contributed by atoms with Crippen molar-refractivity contribution in [3.63, 3.8) is 0 Å². The van der Waals surface area contributed by atoms with Crippen LogP contribution < -0.4 is 0 Å². The van der Waals surface area contributed by atoms with Crippen LogP contribution in [0.5, 0.6) is 0 Å². The molecule has 2 aromatic rings. The van der Waals surface area contributed by atoms with Crippen LogP contribution >= 0.6 is 27.3 Å². The van der Waals surface area contributed by atoms with Crippen LogP contribution in [0.3, 0.4) is 0 Å². The average molecular weight is 329 g/mol. The lowest BCUT2D eigenvalue weighted by Crippen LogP contribution is -2.05. The molecule has 0 amide bonds. The number of aromatic nitrogens is 4. The van der Waals surface area contributed by atoms with E-state index in [2.05, 4.69) is 31.0 Å². The minimum atomic E-state index is -0.499. The second-order valence-electron chi connectivity index (χ2n) is 4.56. The Balaban J connectivity index is 1.75. The summed E-state index contributed by atoms with van der Waals surface area (Å²) in [4.78, 5) is 9.65. The summed E-state index contributed by atoms with van der Waals surface area (Å²) in [6.45, 7) is 2.63. The molecule has 0 aromatic carbocycles. The third-order valence-corrected chi connectivity index (χ3v) is 4.65. The average Bonchev–Trinajstić information content (AvgIpc) is 2.99. The Kier molecular flexibility index (Phi) is 3.21. The molecule has 0 spiro atoms. The van der Waals surface area contributed by atoms with Crippen molar-refractivity contribution in [3.05, 3.63) is 26.6 Å². The molecule has 1 aliphatic rings. The summed E-state index contributed by atoms with van der Waals surface area (Å²) in [7, 11) is 0. The summed E-state index contributed by atoms with van der Waals surface area (Å²) in [6.07, 6.45) is 3.34. The van der Waals surface area contributed by atoms with Crippen LogP contribution in [-0.2, 0) is 6.54 Å². The molecule has 1 N–H and O–H groups in total. The first kappa shape index (κ1) is 12.3. The van der Waals surface area contributed by atoms with Crippen molar-refractivity contribution in [3.8, 4) is 0 Å². The molecule has 96 valence electrons. The van der Waals surface area contributed by atoms with Gasteiger partial charge < -0.3 is 5.11 Å². The number of rotatable bonds is 4. The maximum Gasteiger partial charge on any atom is 0.179 e. The normalized spacial score (nSPS) is 17.1. The smallest absolute Gasteiger partial charge is 0.179 e. The maximum atomic E-state index is 9.94. The van der Waals surface area contributed by atoms with E-state index in [1.807, 2.05) is 6.92 Å². The predicted octanol–water partition coefficient (Wildman–Crippen LogP) is 2.30. The van der Waals surface area contributed by atoms with Gasteiger partial charge >= 0.3 is 0 Å². The van der Waals surface area contributed by atoms with Gasteiger partial charge in [0.05, 0.1) is 17.1 Å². The lowest BCUT2D eigenvalue weighted by atomic mass is 10.2. The van der Waals surface area contributed by atoms with Crippen LogP contribution in [0.4, 0.5) is 0 Å². The Labute approximate surface area is 117 Å². The highest BCUT2D eigenvalue weighted by molar-refractivity contribution is 9.11.